The summed E-state index contributed by atoms with van der Waals surface area (Å²) in [6.07, 6.45) is 3.28. The summed E-state index contributed by atoms with van der Waals surface area (Å²) in [5, 5.41) is 0. The third-order valence-electron chi connectivity index (χ3n) is 2.19. The van der Waals surface area contributed by atoms with E-state index in [0.717, 1.165) is 19.5 Å². The largest absolute Gasteiger partial charge is 0.327 e. The van der Waals surface area contributed by atoms with Crippen LogP contribution in [0.3, 0.4) is 0 Å². The number of nitrogens with two attached hydrogens (primary N) is 1. The minimum absolute atomic E-state index is 0.434. The molecule has 10 heavy (non-hydrogen) atoms. The number of piperidine rings is 1. The van der Waals surface area contributed by atoms with Gasteiger partial charge in [-0.2, -0.15) is 0 Å². The van der Waals surface area contributed by atoms with Crippen LogP contribution in [0.5, 0.6) is 0 Å². The van der Waals surface area contributed by atoms with Crippen molar-refractivity contribution in [2.24, 2.45) is 11.7 Å². The molecule has 0 radical (unpaired) electrons. The van der Waals surface area contributed by atoms with Crippen LogP contribution in [0.15, 0.2) is 0 Å². The smallest absolute Gasteiger partial charge is 0.0130 e. The van der Waals surface area contributed by atoms with Crippen LogP contribution in [0.2, 0.25) is 0 Å². The van der Waals surface area contributed by atoms with Gasteiger partial charge < -0.3 is 5.73 Å². The lowest BCUT2D eigenvalue weighted by atomic mass is 9.96. The summed E-state index contributed by atoms with van der Waals surface area (Å²) in [5.41, 5.74) is 5.86. The second kappa shape index (κ2) is 3.60. The first kappa shape index (κ1) is 8.37. The van der Waals surface area contributed by atoms with Gasteiger partial charge in [-0.15, -0.1) is 0 Å². The Morgan fingerprint density at radius 2 is 2.30 bits per heavy atom. The summed E-state index contributed by atoms with van der Waals surface area (Å²) >= 11 is 1.83. The molecule has 1 saturated heterocycles. The van der Waals surface area contributed by atoms with Gasteiger partial charge in [-0.05, 0) is 18.6 Å². The van der Waals surface area contributed by atoms with Gasteiger partial charge in [-0.3, -0.25) is 4.31 Å². The van der Waals surface area contributed by atoms with Gasteiger partial charge in [0.05, 0.1) is 0 Å². The Labute approximate surface area is 67.3 Å². The van der Waals surface area contributed by atoms with Gasteiger partial charge in [-0.1, -0.05) is 18.9 Å². The van der Waals surface area contributed by atoms with E-state index in [2.05, 4.69) is 17.5 Å². The average Bonchev–Trinajstić information content (AvgIpc) is 1.95. The summed E-state index contributed by atoms with van der Waals surface area (Å²) in [6, 6.07) is 0.434. The molecular formula is C7H16N2S. The van der Waals surface area contributed by atoms with Crippen molar-refractivity contribution in [3.8, 4) is 0 Å². The van der Waals surface area contributed by atoms with E-state index in [0.29, 0.717) is 12.0 Å². The van der Waals surface area contributed by atoms with Gasteiger partial charge in [0.1, 0.15) is 0 Å². The summed E-state index contributed by atoms with van der Waals surface area (Å²) in [4.78, 5) is 0. The molecule has 0 aromatic carbocycles. The van der Waals surface area contributed by atoms with Crippen molar-refractivity contribution in [2.45, 2.75) is 19.4 Å². The van der Waals surface area contributed by atoms with E-state index in [1.807, 2.05) is 11.9 Å². The highest BCUT2D eigenvalue weighted by Gasteiger charge is 2.21. The Kier molecular flexibility index (Phi) is 3.01. The zero-order valence-electron chi connectivity index (χ0n) is 6.71. The summed E-state index contributed by atoms with van der Waals surface area (Å²) < 4.78 is 2.38. The van der Waals surface area contributed by atoms with Crippen LogP contribution in [0, 0.1) is 5.92 Å². The predicted octanol–water partition coefficient (Wildman–Crippen LogP) is 0.934. The number of hydrogen-bond donors (Lipinski definition) is 1. The number of hydrogen-bond acceptors (Lipinski definition) is 3. The highest BCUT2D eigenvalue weighted by Crippen LogP contribution is 2.19. The van der Waals surface area contributed by atoms with Crippen LogP contribution in [-0.4, -0.2) is 29.7 Å². The van der Waals surface area contributed by atoms with Gasteiger partial charge in [-0.25, -0.2) is 0 Å². The SMILES string of the molecule is CSN1CC[C@H](N)[C@H](C)C1. The van der Waals surface area contributed by atoms with E-state index in [-0.39, 0.29) is 0 Å². The second-order valence-electron chi connectivity index (χ2n) is 3.00. The van der Waals surface area contributed by atoms with Gasteiger partial charge >= 0.3 is 0 Å². The van der Waals surface area contributed by atoms with Gasteiger partial charge in [0.2, 0.25) is 0 Å². The first-order valence-electron chi connectivity index (χ1n) is 3.78. The molecule has 2 nitrogen and oxygen atoms in total. The Morgan fingerprint density at radius 3 is 2.80 bits per heavy atom. The quantitative estimate of drug-likeness (QED) is 0.579. The molecule has 0 aromatic rings. The van der Waals surface area contributed by atoms with E-state index < -0.39 is 0 Å². The fourth-order valence-corrected chi connectivity index (χ4v) is 1.96. The summed E-state index contributed by atoms with van der Waals surface area (Å²) in [7, 11) is 0. The van der Waals surface area contributed by atoms with Gasteiger partial charge in [0.25, 0.3) is 0 Å². The lowest BCUT2D eigenvalue weighted by Crippen LogP contribution is -2.42. The van der Waals surface area contributed by atoms with Crippen molar-refractivity contribution in [3.05, 3.63) is 0 Å². The normalized spacial score (nSPS) is 36.3. The van der Waals surface area contributed by atoms with E-state index >= 15 is 0 Å². The van der Waals surface area contributed by atoms with E-state index in [4.69, 9.17) is 5.73 Å². The van der Waals surface area contributed by atoms with Crippen molar-refractivity contribution in [3.63, 3.8) is 0 Å². The third kappa shape index (κ3) is 1.87. The van der Waals surface area contributed by atoms with E-state index in [9.17, 15) is 0 Å². The molecule has 0 aromatic heterocycles. The van der Waals surface area contributed by atoms with Crippen LogP contribution >= 0.6 is 11.9 Å². The van der Waals surface area contributed by atoms with Crippen LogP contribution in [0.1, 0.15) is 13.3 Å². The van der Waals surface area contributed by atoms with Gasteiger partial charge in [0.15, 0.2) is 0 Å². The second-order valence-corrected chi connectivity index (χ2v) is 3.88. The molecule has 0 unspecified atom stereocenters. The zero-order valence-corrected chi connectivity index (χ0v) is 7.53. The minimum Gasteiger partial charge on any atom is -0.327 e. The van der Waals surface area contributed by atoms with Crippen molar-refractivity contribution in [1.82, 2.24) is 4.31 Å². The molecule has 0 spiro atoms. The molecule has 60 valence electrons. The zero-order chi connectivity index (χ0) is 7.56. The summed E-state index contributed by atoms with van der Waals surface area (Å²) in [6.45, 7) is 4.54. The van der Waals surface area contributed by atoms with Gasteiger partial charge in [0, 0.05) is 19.1 Å². The maximum atomic E-state index is 5.86. The Bertz CT molecular complexity index is 108. The van der Waals surface area contributed by atoms with Crippen molar-refractivity contribution >= 4 is 11.9 Å². The molecule has 3 heteroatoms. The number of nitrogens with zero attached hydrogens (tertiary/aromatic N) is 1. The Morgan fingerprint density at radius 1 is 1.60 bits per heavy atom. The molecule has 1 aliphatic rings. The van der Waals surface area contributed by atoms with Crippen LogP contribution < -0.4 is 5.73 Å². The predicted molar refractivity (Wildman–Crippen MR) is 46.8 cm³/mol. The molecule has 1 rings (SSSR count). The van der Waals surface area contributed by atoms with Crippen LogP contribution in [0.25, 0.3) is 0 Å². The molecule has 2 atom stereocenters. The van der Waals surface area contributed by atoms with E-state index in [1.165, 1.54) is 0 Å². The number of rotatable bonds is 1. The topological polar surface area (TPSA) is 29.3 Å². The highest BCUT2D eigenvalue weighted by atomic mass is 32.2. The average molecular weight is 160 g/mol. The summed E-state index contributed by atoms with van der Waals surface area (Å²) in [5.74, 6) is 0.668. The maximum absolute atomic E-state index is 5.86. The van der Waals surface area contributed by atoms with Crippen molar-refractivity contribution in [1.29, 1.82) is 0 Å². The first-order chi connectivity index (χ1) is 4.74. The molecule has 0 amide bonds. The monoisotopic (exact) mass is 160 g/mol. The van der Waals surface area contributed by atoms with Crippen LogP contribution in [0.4, 0.5) is 0 Å². The van der Waals surface area contributed by atoms with Crippen molar-refractivity contribution in [2.75, 3.05) is 19.3 Å². The Hall–Kier alpha value is 0.270. The molecular weight excluding hydrogens is 144 g/mol. The van der Waals surface area contributed by atoms with Crippen molar-refractivity contribution < 1.29 is 0 Å². The molecule has 0 saturated carbocycles. The lowest BCUT2D eigenvalue weighted by molar-refractivity contribution is 0.267. The fourth-order valence-electron chi connectivity index (χ4n) is 1.29. The first-order valence-corrected chi connectivity index (χ1v) is 4.97. The molecule has 1 heterocycles. The lowest BCUT2D eigenvalue weighted by Gasteiger charge is -2.33. The third-order valence-corrected chi connectivity index (χ3v) is 3.04. The maximum Gasteiger partial charge on any atom is 0.0130 e. The molecule has 0 bridgehead atoms. The molecule has 1 aliphatic heterocycles. The molecule has 0 aliphatic carbocycles. The fraction of sp³-hybridized carbons (Fsp3) is 1.00. The standard InChI is InChI=1S/C7H16N2S/c1-6-5-9(10-2)4-3-7(6)8/h6-7H,3-5,8H2,1-2H3/t6-,7+/m1/s1. The van der Waals surface area contributed by atoms with Crippen LogP contribution in [-0.2, 0) is 0 Å². The molecule has 2 N–H and O–H groups in total. The highest BCUT2D eigenvalue weighted by molar-refractivity contribution is 7.96. The molecule has 1 fully saturated rings. The Balaban J connectivity index is 2.33. The minimum atomic E-state index is 0.434. The van der Waals surface area contributed by atoms with E-state index in [1.54, 1.807) is 0 Å².